The van der Waals surface area contributed by atoms with E-state index in [0.717, 1.165) is 0 Å². The Labute approximate surface area is 253 Å². The van der Waals surface area contributed by atoms with E-state index in [1.165, 1.54) is 85.7 Å². The van der Waals surface area contributed by atoms with Crippen LogP contribution in [-0.2, 0) is 5.41 Å². The average molecular weight is 573 g/mol. The average Bonchev–Trinajstić information content (AvgIpc) is 3.30. The predicted molar refractivity (Wildman–Crippen MR) is 185 cm³/mol. The van der Waals surface area contributed by atoms with Gasteiger partial charge in [0.2, 0.25) is 0 Å². The van der Waals surface area contributed by atoms with E-state index in [9.17, 15) is 0 Å². The van der Waals surface area contributed by atoms with Gasteiger partial charge in [-0.15, -0.1) is 0 Å². The fraction of sp³-hybridized carbons (Fsp3) is 0.385. The van der Waals surface area contributed by atoms with Gasteiger partial charge in [-0.3, -0.25) is 0 Å². The van der Waals surface area contributed by atoms with Crippen molar-refractivity contribution in [2.24, 2.45) is 0 Å². The zero-order valence-electron chi connectivity index (χ0n) is 25.8. The Morgan fingerprint density at radius 2 is 0.878 bits per heavy atom. The smallest absolute Gasteiger partial charge is 0.0654 e. The molecular weight excluding hydrogens is 525 g/mol. The Morgan fingerprint density at radius 1 is 0.463 bits per heavy atom. The van der Waals surface area contributed by atoms with Crippen LogP contribution in [0.5, 0.6) is 0 Å². The molecule has 4 aromatic rings. The molecule has 212 valence electrons. The van der Waals surface area contributed by atoms with Gasteiger partial charge in [-0.25, -0.2) is 0 Å². The van der Waals surface area contributed by atoms with E-state index in [2.05, 4.69) is 124 Å². The Hall–Kier alpha value is -2.69. The molecule has 4 aromatic carbocycles. The minimum atomic E-state index is -0.811. The minimum Gasteiger partial charge on any atom is -0.0654 e. The summed E-state index contributed by atoms with van der Waals surface area (Å²) in [5.74, 6) is 0. The van der Waals surface area contributed by atoms with Crippen molar-refractivity contribution in [3.63, 3.8) is 0 Å². The summed E-state index contributed by atoms with van der Waals surface area (Å²) in [4.78, 5) is 0. The predicted octanol–water partition coefficient (Wildman–Crippen LogP) is 8.37. The molecule has 0 unspecified atom stereocenters. The topological polar surface area (TPSA) is 0 Å². The lowest BCUT2D eigenvalue weighted by atomic mass is 9.70. The van der Waals surface area contributed by atoms with E-state index >= 15 is 0 Å². The van der Waals surface area contributed by atoms with Gasteiger partial charge >= 0.3 is 0 Å². The van der Waals surface area contributed by atoms with Crippen molar-refractivity contribution in [3.05, 3.63) is 108 Å². The molecule has 2 radical (unpaired) electrons. The molecule has 0 fully saturated rings. The van der Waals surface area contributed by atoms with Gasteiger partial charge in [0.1, 0.15) is 17.6 Å². The first-order valence-electron chi connectivity index (χ1n) is 16.2. The molecule has 0 spiro atoms. The quantitative estimate of drug-likeness (QED) is 0.105. The summed E-state index contributed by atoms with van der Waals surface area (Å²) in [6.07, 6.45) is 13.2. The molecule has 1 aliphatic carbocycles. The molecule has 0 aromatic heterocycles. The Morgan fingerprint density at radius 3 is 1.27 bits per heavy atom. The van der Waals surface area contributed by atoms with Crippen molar-refractivity contribution in [1.82, 2.24) is 0 Å². The van der Waals surface area contributed by atoms with Gasteiger partial charge in [0.15, 0.2) is 0 Å². The summed E-state index contributed by atoms with van der Waals surface area (Å²) in [5.41, 5.74) is 6.43. The maximum absolute atomic E-state index is 2.67. The summed E-state index contributed by atoms with van der Waals surface area (Å²) in [5, 5.41) is 6.13. The van der Waals surface area contributed by atoms with Crippen molar-refractivity contribution in [2.45, 2.75) is 96.6 Å². The van der Waals surface area contributed by atoms with Gasteiger partial charge in [-0.2, -0.15) is 0 Å². The number of unbranched alkanes of at least 4 members (excludes halogenated alkanes) is 6. The van der Waals surface area contributed by atoms with E-state index in [1.807, 2.05) is 0 Å². The Balaban J connectivity index is 1.62. The Kier molecular flexibility index (Phi) is 10.2. The zero-order chi connectivity index (χ0) is 28.7. The van der Waals surface area contributed by atoms with Gasteiger partial charge in [0, 0.05) is 5.41 Å². The van der Waals surface area contributed by atoms with Crippen LogP contribution < -0.4 is 20.7 Å². The first kappa shape index (κ1) is 29.8. The van der Waals surface area contributed by atoms with Crippen LogP contribution >= 0.6 is 0 Å². The molecule has 0 amide bonds. The molecule has 0 bridgehead atoms. The molecule has 0 heterocycles. The fourth-order valence-corrected chi connectivity index (χ4v) is 10.5. The third-order valence-corrected chi connectivity index (χ3v) is 14.3. The van der Waals surface area contributed by atoms with Crippen LogP contribution in [0.3, 0.4) is 0 Å². The van der Waals surface area contributed by atoms with Crippen molar-refractivity contribution in [2.75, 3.05) is 0 Å². The summed E-state index contributed by atoms with van der Waals surface area (Å²) < 4.78 is 0. The van der Waals surface area contributed by atoms with E-state index in [0.29, 0.717) is 0 Å². The Bertz CT molecular complexity index is 1280. The summed E-state index contributed by atoms with van der Waals surface area (Å²) >= 11 is 0. The highest BCUT2D eigenvalue weighted by Gasteiger charge is 2.43. The maximum Gasteiger partial charge on any atom is 0.118 e. The summed E-state index contributed by atoms with van der Waals surface area (Å²) in [6, 6.07) is 37.7. The van der Waals surface area contributed by atoms with Crippen LogP contribution in [0.25, 0.3) is 11.1 Å². The molecule has 41 heavy (non-hydrogen) atoms. The number of hydrogen-bond acceptors (Lipinski definition) is 0. The van der Waals surface area contributed by atoms with E-state index in [4.69, 9.17) is 0 Å². The van der Waals surface area contributed by atoms with Crippen molar-refractivity contribution in [3.8, 4) is 11.1 Å². The van der Waals surface area contributed by atoms with E-state index in [1.54, 1.807) is 21.5 Å². The second kappa shape index (κ2) is 14.0. The van der Waals surface area contributed by atoms with Gasteiger partial charge in [-0.1, -0.05) is 196 Å². The highest BCUT2D eigenvalue weighted by Crippen LogP contribution is 2.53. The lowest BCUT2D eigenvalue weighted by Gasteiger charge is -2.34. The van der Waals surface area contributed by atoms with E-state index in [-0.39, 0.29) is 5.41 Å². The minimum absolute atomic E-state index is 0.135. The molecule has 5 rings (SSSR count). The highest BCUT2D eigenvalue weighted by molar-refractivity contribution is 6.84. The van der Waals surface area contributed by atoms with Gasteiger partial charge in [0.25, 0.3) is 0 Å². The second-order valence-corrected chi connectivity index (χ2v) is 17.0. The van der Waals surface area contributed by atoms with Gasteiger partial charge < -0.3 is 0 Å². The molecule has 0 saturated carbocycles. The second-order valence-electron chi connectivity index (χ2n) is 12.2. The largest absolute Gasteiger partial charge is 0.118 e. The van der Waals surface area contributed by atoms with Crippen LogP contribution in [0.4, 0.5) is 0 Å². The molecule has 0 aliphatic heterocycles. The van der Waals surface area contributed by atoms with Crippen LogP contribution in [0.1, 0.15) is 89.2 Å². The number of benzene rings is 4. The third kappa shape index (κ3) is 6.39. The van der Waals surface area contributed by atoms with Crippen molar-refractivity contribution in [1.29, 1.82) is 0 Å². The van der Waals surface area contributed by atoms with Gasteiger partial charge in [-0.05, 0) is 35.1 Å². The standard InChI is InChI=1S/C39H48Si2/c1-5-7-9-17-27-39(28-18-10-8-6-2)37-29-33(40(3)31-19-13-11-14-20-31)23-25-35(37)36-26-24-34(30-38(36)39)41(4)32-21-15-12-16-22-32/h11-16,19-26,29-30H,5-10,17-18,27-28H2,1-4H3. The summed E-state index contributed by atoms with van der Waals surface area (Å²) in [7, 11) is -1.62. The monoisotopic (exact) mass is 572 g/mol. The normalized spacial score (nSPS) is 13.5. The number of rotatable bonds is 14. The SMILES string of the molecule is CCCCCCC1(CCCCCC)c2cc([Si](C)c3ccccc3)ccc2-c2ccc([Si](C)c3ccccc3)cc21. The molecular formula is C39H48Si2. The lowest BCUT2D eigenvalue weighted by molar-refractivity contribution is 0.401. The van der Waals surface area contributed by atoms with Gasteiger partial charge in [0.05, 0.1) is 0 Å². The van der Waals surface area contributed by atoms with Crippen LogP contribution in [-0.4, -0.2) is 17.6 Å². The van der Waals surface area contributed by atoms with Crippen LogP contribution in [0.15, 0.2) is 97.1 Å². The lowest BCUT2D eigenvalue weighted by Crippen LogP contribution is -2.40. The first-order valence-corrected chi connectivity index (χ1v) is 20.2. The third-order valence-electron chi connectivity index (χ3n) is 9.55. The van der Waals surface area contributed by atoms with Crippen LogP contribution in [0.2, 0.25) is 13.1 Å². The molecule has 2 heteroatoms. The number of hydrogen-bond donors (Lipinski definition) is 0. The van der Waals surface area contributed by atoms with Crippen LogP contribution in [0, 0.1) is 0 Å². The summed E-state index contributed by atoms with van der Waals surface area (Å²) in [6.45, 7) is 9.64. The molecule has 0 nitrogen and oxygen atoms in total. The van der Waals surface area contributed by atoms with Crippen molar-refractivity contribution < 1.29 is 0 Å². The molecule has 0 N–H and O–H groups in total. The highest BCUT2D eigenvalue weighted by atomic mass is 28.3. The molecule has 0 saturated heterocycles. The van der Waals surface area contributed by atoms with Crippen molar-refractivity contribution >= 4 is 38.3 Å². The number of fused-ring (bicyclic) bond motifs is 3. The van der Waals surface area contributed by atoms with E-state index < -0.39 is 17.6 Å². The zero-order valence-corrected chi connectivity index (χ0v) is 27.8. The maximum atomic E-state index is 2.67. The molecule has 0 atom stereocenters. The first-order chi connectivity index (χ1) is 20.1. The fourth-order valence-electron chi connectivity index (χ4n) is 7.04. The molecule has 1 aliphatic rings.